The minimum Gasteiger partial charge on any atom is -0.468 e. The molecule has 3 aromatic rings. The van der Waals surface area contributed by atoms with Crippen LogP contribution in [-0.4, -0.2) is 20.9 Å². The largest absolute Gasteiger partial charge is 0.468 e. The highest BCUT2D eigenvalue weighted by Crippen LogP contribution is 2.28. The molecule has 0 bridgehead atoms. The smallest absolute Gasteiger partial charge is 0.251 e. The molecule has 1 N–H and O–H groups in total. The van der Waals surface area contributed by atoms with Gasteiger partial charge in [-0.15, -0.1) is 0 Å². The van der Waals surface area contributed by atoms with E-state index in [1.54, 1.807) is 42.5 Å². The van der Waals surface area contributed by atoms with Gasteiger partial charge in [-0.05, 0) is 43.3 Å². The molecule has 2 aromatic carbocycles. The Hall–Kier alpha value is -2.86. The molecular formula is C20H19NO4S. The molecular weight excluding hydrogens is 350 g/mol. The van der Waals surface area contributed by atoms with Crippen LogP contribution < -0.4 is 5.32 Å². The van der Waals surface area contributed by atoms with Crippen LogP contribution in [0.3, 0.4) is 0 Å². The first kappa shape index (κ1) is 17.9. The van der Waals surface area contributed by atoms with Gasteiger partial charge in [0, 0.05) is 12.1 Å². The van der Waals surface area contributed by atoms with Gasteiger partial charge in [0.2, 0.25) is 0 Å². The summed E-state index contributed by atoms with van der Waals surface area (Å²) in [7, 11) is -3.72. The Kier molecular flexibility index (Phi) is 5.23. The highest BCUT2D eigenvalue weighted by molar-refractivity contribution is 7.91. The molecule has 1 aromatic heterocycles. The monoisotopic (exact) mass is 369 g/mol. The number of benzene rings is 2. The molecule has 134 valence electrons. The van der Waals surface area contributed by atoms with Gasteiger partial charge in [0.05, 0.1) is 11.2 Å². The number of hydrogen-bond acceptors (Lipinski definition) is 4. The van der Waals surface area contributed by atoms with Crippen molar-refractivity contribution in [3.63, 3.8) is 0 Å². The summed E-state index contributed by atoms with van der Waals surface area (Å²) in [4.78, 5) is 12.5. The first-order valence-corrected chi connectivity index (χ1v) is 9.70. The zero-order valence-corrected chi connectivity index (χ0v) is 15.1. The Morgan fingerprint density at radius 2 is 1.69 bits per heavy atom. The van der Waals surface area contributed by atoms with E-state index in [9.17, 15) is 13.2 Å². The first-order chi connectivity index (χ1) is 12.5. The molecule has 1 amide bonds. The summed E-state index contributed by atoms with van der Waals surface area (Å²) in [6.45, 7) is 1.85. The highest BCUT2D eigenvalue weighted by Gasteiger charge is 2.31. The molecule has 5 nitrogen and oxygen atoms in total. The fraction of sp³-hybridized carbons (Fsp3) is 0.150. The summed E-state index contributed by atoms with van der Waals surface area (Å²) >= 11 is 0. The van der Waals surface area contributed by atoms with E-state index < -0.39 is 15.1 Å². The molecule has 3 rings (SSSR count). The van der Waals surface area contributed by atoms with Crippen LogP contribution in [0.15, 0.2) is 82.3 Å². The Morgan fingerprint density at radius 3 is 2.31 bits per heavy atom. The summed E-state index contributed by atoms with van der Waals surface area (Å²) in [5.74, 6) is -0.0390. The van der Waals surface area contributed by atoms with Crippen molar-refractivity contribution in [3.05, 3.63) is 89.9 Å². The summed E-state index contributed by atoms with van der Waals surface area (Å²) in [5, 5.41) is 1.70. The SMILES string of the molecule is Cc1ccc(C(=O)NC[C@@H](c2ccco2)S(=O)(=O)c2ccccc2)cc1. The lowest BCUT2D eigenvalue weighted by molar-refractivity contribution is 0.0953. The second-order valence-electron chi connectivity index (χ2n) is 5.94. The molecule has 0 fully saturated rings. The van der Waals surface area contributed by atoms with Gasteiger partial charge in [0.1, 0.15) is 11.0 Å². The van der Waals surface area contributed by atoms with Gasteiger partial charge in [-0.1, -0.05) is 35.9 Å². The predicted octanol–water partition coefficient (Wildman–Crippen LogP) is 3.53. The van der Waals surface area contributed by atoms with Crippen LogP contribution in [0.25, 0.3) is 0 Å². The number of hydrogen-bond donors (Lipinski definition) is 1. The van der Waals surface area contributed by atoms with Crippen molar-refractivity contribution in [1.82, 2.24) is 5.32 Å². The van der Waals surface area contributed by atoms with Crippen LogP contribution in [0.1, 0.15) is 26.9 Å². The molecule has 0 spiro atoms. The van der Waals surface area contributed by atoms with Gasteiger partial charge in [-0.2, -0.15) is 0 Å². The highest BCUT2D eigenvalue weighted by atomic mass is 32.2. The standard InChI is InChI=1S/C20H19NO4S/c1-15-9-11-16(12-10-15)20(22)21-14-19(18-8-5-13-25-18)26(23,24)17-6-3-2-4-7-17/h2-13,19H,14H2,1H3,(H,21,22)/t19-/m0/s1. The second kappa shape index (κ2) is 7.58. The minimum atomic E-state index is -3.72. The first-order valence-electron chi connectivity index (χ1n) is 8.15. The van der Waals surface area contributed by atoms with E-state index in [0.717, 1.165) is 5.56 Å². The number of carbonyl (C=O) groups is 1. The maximum atomic E-state index is 13.0. The Balaban J connectivity index is 1.84. The fourth-order valence-electron chi connectivity index (χ4n) is 2.60. The lowest BCUT2D eigenvalue weighted by Gasteiger charge is -2.16. The third-order valence-corrected chi connectivity index (χ3v) is 6.15. The Morgan fingerprint density at radius 1 is 1.00 bits per heavy atom. The number of nitrogens with one attached hydrogen (secondary N) is 1. The molecule has 0 saturated heterocycles. The topological polar surface area (TPSA) is 76.4 Å². The zero-order valence-electron chi connectivity index (χ0n) is 14.3. The molecule has 1 atom stereocenters. The summed E-state index contributed by atoms with van der Waals surface area (Å²) in [5.41, 5.74) is 1.52. The molecule has 26 heavy (non-hydrogen) atoms. The van der Waals surface area contributed by atoms with Crippen LogP contribution in [0.2, 0.25) is 0 Å². The van der Waals surface area contributed by atoms with Crippen LogP contribution >= 0.6 is 0 Å². The molecule has 6 heteroatoms. The number of aryl methyl sites for hydroxylation is 1. The van der Waals surface area contributed by atoms with E-state index in [0.29, 0.717) is 5.56 Å². The van der Waals surface area contributed by atoms with Crippen molar-refractivity contribution in [2.24, 2.45) is 0 Å². The number of rotatable bonds is 6. The van der Waals surface area contributed by atoms with E-state index >= 15 is 0 Å². The van der Waals surface area contributed by atoms with Crippen LogP contribution in [-0.2, 0) is 9.84 Å². The van der Waals surface area contributed by atoms with Crippen LogP contribution in [0, 0.1) is 6.92 Å². The summed E-state index contributed by atoms with van der Waals surface area (Å²) in [6, 6.07) is 18.5. The Bertz CT molecular complexity index is 962. The Labute approximate surface area is 152 Å². The van der Waals surface area contributed by atoms with Crippen molar-refractivity contribution in [3.8, 4) is 0 Å². The van der Waals surface area contributed by atoms with Crippen LogP contribution in [0.5, 0.6) is 0 Å². The van der Waals surface area contributed by atoms with Crippen molar-refractivity contribution in [1.29, 1.82) is 0 Å². The normalized spacial score (nSPS) is 12.5. The third kappa shape index (κ3) is 3.86. The van der Waals surface area contributed by atoms with Crippen molar-refractivity contribution < 1.29 is 17.6 Å². The zero-order chi connectivity index (χ0) is 18.6. The summed E-state index contributed by atoms with van der Waals surface area (Å²) in [6.07, 6.45) is 1.42. The van der Waals surface area contributed by atoms with E-state index in [2.05, 4.69) is 5.32 Å². The minimum absolute atomic E-state index is 0.0859. The van der Waals surface area contributed by atoms with E-state index in [1.807, 2.05) is 19.1 Å². The molecule has 0 aliphatic carbocycles. The number of carbonyl (C=O) groups excluding carboxylic acids is 1. The van der Waals surface area contributed by atoms with Crippen molar-refractivity contribution in [2.45, 2.75) is 17.1 Å². The maximum absolute atomic E-state index is 13.0. The van der Waals surface area contributed by atoms with Gasteiger partial charge in [0.15, 0.2) is 9.84 Å². The number of furan rings is 1. The average molecular weight is 369 g/mol. The quantitative estimate of drug-likeness (QED) is 0.721. The van der Waals surface area contributed by atoms with Crippen molar-refractivity contribution >= 4 is 15.7 Å². The predicted molar refractivity (Wildman–Crippen MR) is 98.6 cm³/mol. The molecule has 1 heterocycles. The molecule has 0 aliphatic heterocycles. The second-order valence-corrected chi connectivity index (χ2v) is 8.07. The van der Waals surface area contributed by atoms with Gasteiger partial charge in [-0.3, -0.25) is 4.79 Å². The molecule has 0 saturated carbocycles. The van der Waals surface area contributed by atoms with Gasteiger partial charge < -0.3 is 9.73 Å². The number of amides is 1. The maximum Gasteiger partial charge on any atom is 0.251 e. The van der Waals surface area contributed by atoms with Gasteiger partial charge in [0.25, 0.3) is 5.91 Å². The van der Waals surface area contributed by atoms with E-state index in [4.69, 9.17) is 4.42 Å². The van der Waals surface area contributed by atoms with Gasteiger partial charge in [-0.25, -0.2) is 8.42 Å². The molecule has 0 aliphatic rings. The van der Waals surface area contributed by atoms with Gasteiger partial charge >= 0.3 is 0 Å². The van der Waals surface area contributed by atoms with E-state index in [1.165, 1.54) is 18.4 Å². The van der Waals surface area contributed by atoms with Crippen molar-refractivity contribution in [2.75, 3.05) is 6.54 Å². The third-order valence-electron chi connectivity index (χ3n) is 4.07. The molecule has 0 unspecified atom stereocenters. The molecule has 0 radical (unpaired) electrons. The summed E-state index contributed by atoms with van der Waals surface area (Å²) < 4.78 is 31.4. The fourth-order valence-corrected chi connectivity index (χ4v) is 4.21. The lowest BCUT2D eigenvalue weighted by Crippen LogP contribution is -2.31. The van der Waals surface area contributed by atoms with Crippen LogP contribution in [0.4, 0.5) is 0 Å². The lowest BCUT2D eigenvalue weighted by atomic mass is 10.1. The van der Waals surface area contributed by atoms with E-state index in [-0.39, 0.29) is 23.1 Å². The average Bonchev–Trinajstić information content (AvgIpc) is 3.17. The number of sulfone groups is 1.